The van der Waals surface area contributed by atoms with Crippen molar-refractivity contribution in [2.75, 3.05) is 0 Å². The second kappa shape index (κ2) is 5.60. The van der Waals surface area contributed by atoms with Gasteiger partial charge in [-0.15, -0.1) is 11.8 Å². The van der Waals surface area contributed by atoms with E-state index in [1.54, 1.807) is 0 Å². The lowest BCUT2D eigenvalue weighted by Crippen LogP contribution is -2.20. The van der Waals surface area contributed by atoms with Crippen molar-refractivity contribution >= 4 is 11.8 Å². The Morgan fingerprint density at radius 2 is 2.00 bits per heavy atom. The highest BCUT2D eigenvalue weighted by Gasteiger charge is 2.26. The minimum absolute atomic E-state index is 0.244. The Hall–Kier alpha value is -0.940. The van der Waals surface area contributed by atoms with Crippen LogP contribution in [0.2, 0.25) is 0 Å². The van der Waals surface area contributed by atoms with Crippen molar-refractivity contribution in [3.8, 4) is 6.07 Å². The van der Waals surface area contributed by atoms with Gasteiger partial charge >= 0.3 is 0 Å². The fraction of sp³-hybridized carbons (Fsp3) is 0.533. The van der Waals surface area contributed by atoms with Crippen LogP contribution < -0.4 is 0 Å². The van der Waals surface area contributed by atoms with E-state index in [0.29, 0.717) is 5.25 Å². The molecule has 0 bridgehead atoms. The maximum Gasteiger partial charge on any atom is 0.0667 e. The summed E-state index contributed by atoms with van der Waals surface area (Å²) in [5, 5.41) is 9.69. The van der Waals surface area contributed by atoms with E-state index in [-0.39, 0.29) is 5.92 Å². The van der Waals surface area contributed by atoms with Crippen molar-refractivity contribution in [3.05, 3.63) is 29.3 Å². The van der Waals surface area contributed by atoms with Gasteiger partial charge in [0, 0.05) is 10.1 Å². The Kier molecular flexibility index (Phi) is 4.12. The highest BCUT2D eigenvalue weighted by Crippen LogP contribution is 2.38. The molecule has 2 rings (SSSR count). The molecule has 0 amide bonds. The number of nitrogens with zero attached hydrogens (tertiary/aromatic N) is 1. The average molecular weight is 245 g/mol. The van der Waals surface area contributed by atoms with Crippen molar-refractivity contribution in [1.82, 2.24) is 0 Å². The van der Waals surface area contributed by atoms with Crippen LogP contribution in [0.15, 0.2) is 23.1 Å². The molecule has 90 valence electrons. The third-order valence-corrected chi connectivity index (χ3v) is 5.05. The summed E-state index contributed by atoms with van der Waals surface area (Å²) >= 11 is 1.92. The predicted molar refractivity (Wildman–Crippen MR) is 73.1 cm³/mol. The molecule has 1 aliphatic rings. The van der Waals surface area contributed by atoms with Crippen LogP contribution in [0.1, 0.15) is 36.8 Å². The summed E-state index contributed by atoms with van der Waals surface area (Å²) in [5.74, 6) is 0.244. The summed E-state index contributed by atoms with van der Waals surface area (Å²) < 4.78 is 0. The van der Waals surface area contributed by atoms with Crippen molar-refractivity contribution < 1.29 is 0 Å². The van der Waals surface area contributed by atoms with Crippen molar-refractivity contribution in [2.24, 2.45) is 5.92 Å². The molecule has 0 radical (unpaired) electrons. The molecular formula is C15H19NS. The number of thioether (sulfide) groups is 1. The molecular weight excluding hydrogens is 226 g/mol. The van der Waals surface area contributed by atoms with Crippen LogP contribution in [-0.4, -0.2) is 5.25 Å². The van der Waals surface area contributed by atoms with Gasteiger partial charge in [-0.2, -0.15) is 5.26 Å². The van der Waals surface area contributed by atoms with E-state index in [1.165, 1.54) is 35.3 Å². The zero-order valence-corrected chi connectivity index (χ0v) is 11.4. The quantitative estimate of drug-likeness (QED) is 0.767. The zero-order valence-electron chi connectivity index (χ0n) is 10.6. The van der Waals surface area contributed by atoms with E-state index in [1.807, 2.05) is 11.8 Å². The highest BCUT2D eigenvalue weighted by atomic mass is 32.2. The Balaban J connectivity index is 2.14. The summed E-state index contributed by atoms with van der Waals surface area (Å²) in [6, 6.07) is 9.08. The molecule has 2 atom stereocenters. The van der Waals surface area contributed by atoms with Crippen molar-refractivity contribution in [1.29, 1.82) is 5.26 Å². The number of nitriles is 1. The first-order valence-electron chi connectivity index (χ1n) is 6.34. The summed E-state index contributed by atoms with van der Waals surface area (Å²) in [6.07, 6.45) is 4.78. The number of hydrogen-bond donors (Lipinski definition) is 0. The molecule has 0 N–H and O–H groups in total. The molecule has 0 heterocycles. The Bertz CT molecular complexity index is 433. The average Bonchev–Trinajstić information content (AvgIpc) is 2.34. The molecule has 2 heteroatoms. The molecule has 1 nitrogen and oxygen atoms in total. The molecule has 0 saturated heterocycles. The fourth-order valence-electron chi connectivity index (χ4n) is 2.38. The highest BCUT2D eigenvalue weighted by molar-refractivity contribution is 8.00. The lowest BCUT2D eigenvalue weighted by atomic mass is 9.90. The molecule has 1 aromatic rings. The van der Waals surface area contributed by atoms with Gasteiger partial charge in [-0.05, 0) is 38.3 Å². The number of benzene rings is 1. The molecule has 1 fully saturated rings. The van der Waals surface area contributed by atoms with Gasteiger partial charge in [-0.1, -0.05) is 30.5 Å². The lowest BCUT2D eigenvalue weighted by Gasteiger charge is -2.26. The predicted octanol–water partition coefficient (Wildman–Crippen LogP) is 4.48. The standard InChI is InChI=1S/C15H19NS/c1-11-7-8-12(2)15(9-11)17-14-6-4-3-5-13(14)10-16/h7-9,13-14H,3-6H2,1-2H3. The van der Waals surface area contributed by atoms with Crippen molar-refractivity contribution in [2.45, 2.75) is 49.7 Å². The Morgan fingerprint density at radius 1 is 1.24 bits per heavy atom. The third kappa shape index (κ3) is 3.04. The summed E-state index contributed by atoms with van der Waals surface area (Å²) in [7, 11) is 0. The molecule has 17 heavy (non-hydrogen) atoms. The lowest BCUT2D eigenvalue weighted by molar-refractivity contribution is 0.439. The van der Waals surface area contributed by atoms with Crippen LogP contribution in [0.4, 0.5) is 0 Å². The van der Waals surface area contributed by atoms with E-state index in [9.17, 15) is 5.26 Å². The summed E-state index contributed by atoms with van der Waals surface area (Å²) in [4.78, 5) is 1.36. The van der Waals surface area contributed by atoms with Gasteiger partial charge in [-0.3, -0.25) is 0 Å². The van der Waals surface area contributed by atoms with Gasteiger partial charge in [0.25, 0.3) is 0 Å². The van der Waals surface area contributed by atoms with E-state index in [2.05, 4.69) is 38.1 Å². The van der Waals surface area contributed by atoms with E-state index in [0.717, 1.165) is 6.42 Å². The first kappa shape index (κ1) is 12.5. The van der Waals surface area contributed by atoms with Crippen LogP contribution in [0.5, 0.6) is 0 Å². The van der Waals surface area contributed by atoms with E-state index >= 15 is 0 Å². The van der Waals surface area contributed by atoms with Crippen LogP contribution in [-0.2, 0) is 0 Å². The molecule has 2 unspecified atom stereocenters. The molecule has 0 aromatic heterocycles. The van der Waals surface area contributed by atoms with Gasteiger partial charge in [0.05, 0.1) is 12.0 Å². The summed E-state index contributed by atoms with van der Waals surface area (Å²) in [6.45, 7) is 4.29. The number of rotatable bonds is 2. The van der Waals surface area contributed by atoms with E-state index in [4.69, 9.17) is 0 Å². The second-order valence-corrected chi connectivity index (χ2v) is 6.23. The maximum absolute atomic E-state index is 9.20. The van der Waals surface area contributed by atoms with Crippen LogP contribution in [0, 0.1) is 31.1 Å². The zero-order chi connectivity index (χ0) is 12.3. The number of aryl methyl sites for hydroxylation is 2. The minimum Gasteiger partial charge on any atom is -0.198 e. The normalized spacial score (nSPS) is 24.3. The number of hydrogen-bond acceptors (Lipinski definition) is 2. The van der Waals surface area contributed by atoms with Crippen molar-refractivity contribution in [3.63, 3.8) is 0 Å². The molecule has 1 aliphatic carbocycles. The largest absolute Gasteiger partial charge is 0.198 e. The molecule has 1 saturated carbocycles. The second-order valence-electron chi connectivity index (χ2n) is 4.95. The SMILES string of the molecule is Cc1ccc(C)c(SC2CCCCC2C#N)c1. The van der Waals surface area contributed by atoms with Gasteiger partial charge < -0.3 is 0 Å². The first-order valence-corrected chi connectivity index (χ1v) is 7.22. The van der Waals surface area contributed by atoms with E-state index < -0.39 is 0 Å². The molecule has 0 spiro atoms. The van der Waals surface area contributed by atoms with Crippen LogP contribution >= 0.6 is 11.8 Å². The first-order chi connectivity index (χ1) is 8.20. The van der Waals surface area contributed by atoms with Gasteiger partial charge in [0.2, 0.25) is 0 Å². The van der Waals surface area contributed by atoms with Gasteiger partial charge in [-0.25, -0.2) is 0 Å². The molecule has 1 aromatic carbocycles. The smallest absolute Gasteiger partial charge is 0.0667 e. The Labute approximate surface area is 108 Å². The van der Waals surface area contributed by atoms with Crippen LogP contribution in [0.25, 0.3) is 0 Å². The van der Waals surface area contributed by atoms with Gasteiger partial charge in [0.15, 0.2) is 0 Å². The minimum atomic E-state index is 0.244. The topological polar surface area (TPSA) is 23.8 Å². The fourth-order valence-corrected chi connectivity index (χ4v) is 3.86. The van der Waals surface area contributed by atoms with Crippen LogP contribution in [0.3, 0.4) is 0 Å². The Morgan fingerprint density at radius 3 is 2.76 bits per heavy atom. The molecule has 0 aliphatic heterocycles. The third-order valence-electron chi connectivity index (χ3n) is 3.49. The summed E-state index contributed by atoms with van der Waals surface area (Å²) in [5.41, 5.74) is 2.64. The van der Waals surface area contributed by atoms with Gasteiger partial charge in [0.1, 0.15) is 0 Å². The maximum atomic E-state index is 9.20. The monoisotopic (exact) mass is 245 g/mol.